The number of aromatic nitrogens is 2. The Kier molecular flexibility index (Phi) is 4.81. The van der Waals surface area contributed by atoms with Crippen LogP contribution in [0.4, 0.5) is 0 Å². The van der Waals surface area contributed by atoms with E-state index in [0.29, 0.717) is 35.2 Å². The standard InChI is InChI=1S/C20H18ClN3O3/c1-26-18-8-7-14(21)9-15(18)20(25)24-10-16(13-5-3-2-4-6-13)17(11-24)19-22-12-27-23-19/h2-9,12,16-17H,10-11H2,1H3/t16-,17-/m0/s1. The van der Waals surface area contributed by atoms with Gasteiger partial charge in [0, 0.05) is 29.9 Å². The SMILES string of the molecule is COc1ccc(Cl)cc1C(=O)N1C[C@H](c2ncon2)[C@H](c2ccccc2)C1. The molecule has 1 fully saturated rings. The molecule has 0 saturated carbocycles. The Morgan fingerprint density at radius 3 is 2.67 bits per heavy atom. The van der Waals surface area contributed by atoms with Crippen molar-refractivity contribution in [2.24, 2.45) is 0 Å². The van der Waals surface area contributed by atoms with Crippen molar-refractivity contribution in [1.82, 2.24) is 15.0 Å². The molecule has 6 nitrogen and oxygen atoms in total. The van der Waals surface area contributed by atoms with E-state index in [-0.39, 0.29) is 17.7 Å². The second-order valence-electron chi connectivity index (χ2n) is 6.47. The number of amides is 1. The fraction of sp³-hybridized carbons (Fsp3) is 0.250. The molecule has 1 amide bonds. The Balaban J connectivity index is 1.67. The number of hydrogen-bond acceptors (Lipinski definition) is 5. The number of ether oxygens (including phenoxy) is 1. The lowest BCUT2D eigenvalue weighted by Crippen LogP contribution is -2.29. The first-order valence-electron chi connectivity index (χ1n) is 8.61. The second kappa shape index (κ2) is 7.40. The van der Waals surface area contributed by atoms with Crippen molar-refractivity contribution in [3.63, 3.8) is 0 Å². The minimum Gasteiger partial charge on any atom is -0.496 e. The second-order valence-corrected chi connectivity index (χ2v) is 6.90. The van der Waals surface area contributed by atoms with Crippen molar-refractivity contribution in [1.29, 1.82) is 0 Å². The molecule has 2 aromatic carbocycles. The fourth-order valence-electron chi connectivity index (χ4n) is 3.63. The van der Waals surface area contributed by atoms with Crippen LogP contribution >= 0.6 is 11.6 Å². The Labute approximate surface area is 161 Å². The molecule has 27 heavy (non-hydrogen) atoms. The summed E-state index contributed by atoms with van der Waals surface area (Å²) in [6.45, 7) is 1.05. The molecular weight excluding hydrogens is 366 g/mol. The first-order chi connectivity index (χ1) is 13.2. The minimum absolute atomic E-state index is 0.0414. The average Bonchev–Trinajstić information content (AvgIpc) is 3.37. The number of carbonyl (C=O) groups excluding carboxylic acids is 1. The van der Waals surface area contributed by atoms with E-state index >= 15 is 0 Å². The molecule has 3 aromatic rings. The van der Waals surface area contributed by atoms with Crippen LogP contribution in [-0.4, -0.2) is 41.1 Å². The van der Waals surface area contributed by atoms with Gasteiger partial charge < -0.3 is 14.2 Å². The molecule has 0 radical (unpaired) electrons. The first kappa shape index (κ1) is 17.5. The van der Waals surface area contributed by atoms with Crippen LogP contribution in [0.15, 0.2) is 59.4 Å². The van der Waals surface area contributed by atoms with Crippen molar-refractivity contribution < 1.29 is 14.1 Å². The van der Waals surface area contributed by atoms with E-state index < -0.39 is 0 Å². The number of likely N-dealkylation sites (tertiary alicyclic amines) is 1. The summed E-state index contributed by atoms with van der Waals surface area (Å²) in [6, 6.07) is 15.1. The van der Waals surface area contributed by atoms with E-state index in [0.717, 1.165) is 5.56 Å². The number of rotatable bonds is 4. The highest BCUT2D eigenvalue weighted by molar-refractivity contribution is 6.31. The van der Waals surface area contributed by atoms with Gasteiger partial charge in [-0.25, -0.2) is 0 Å². The monoisotopic (exact) mass is 383 g/mol. The zero-order valence-corrected chi connectivity index (χ0v) is 15.5. The molecule has 1 aliphatic heterocycles. The van der Waals surface area contributed by atoms with Crippen LogP contribution in [0.3, 0.4) is 0 Å². The predicted octanol–water partition coefficient (Wildman–Crippen LogP) is 3.76. The predicted molar refractivity (Wildman–Crippen MR) is 100 cm³/mol. The van der Waals surface area contributed by atoms with Crippen LogP contribution in [0.1, 0.15) is 33.6 Å². The molecule has 2 atom stereocenters. The van der Waals surface area contributed by atoms with Crippen molar-refractivity contribution in [3.8, 4) is 5.75 Å². The molecule has 1 aromatic heterocycles. The van der Waals surface area contributed by atoms with Gasteiger partial charge in [-0.05, 0) is 23.8 Å². The summed E-state index contributed by atoms with van der Waals surface area (Å²) in [6.07, 6.45) is 1.32. The molecule has 7 heteroatoms. The molecular formula is C20H18ClN3O3. The maximum absolute atomic E-state index is 13.2. The van der Waals surface area contributed by atoms with Crippen molar-refractivity contribution in [2.75, 3.05) is 20.2 Å². The molecule has 0 N–H and O–H groups in total. The van der Waals surface area contributed by atoms with Crippen LogP contribution in [0.25, 0.3) is 0 Å². The number of nitrogens with zero attached hydrogens (tertiary/aromatic N) is 3. The number of hydrogen-bond donors (Lipinski definition) is 0. The maximum Gasteiger partial charge on any atom is 0.257 e. The van der Waals surface area contributed by atoms with E-state index in [1.165, 1.54) is 6.39 Å². The topological polar surface area (TPSA) is 68.5 Å². The van der Waals surface area contributed by atoms with Gasteiger partial charge in [-0.1, -0.05) is 47.1 Å². The third-order valence-electron chi connectivity index (χ3n) is 4.94. The fourth-order valence-corrected chi connectivity index (χ4v) is 3.80. The third kappa shape index (κ3) is 3.40. The minimum atomic E-state index is -0.124. The molecule has 1 saturated heterocycles. The Morgan fingerprint density at radius 2 is 1.96 bits per heavy atom. The van der Waals surface area contributed by atoms with E-state index in [1.807, 2.05) is 18.2 Å². The van der Waals surface area contributed by atoms with Crippen LogP contribution in [-0.2, 0) is 0 Å². The zero-order chi connectivity index (χ0) is 18.8. The summed E-state index contributed by atoms with van der Waals surface area (Å²) >= 11 is 6.10. The Morgan fingerprint density at radius 1 is 1.19 bits per heavy atom. The van der Waals surface area contributed by atoms with Gasteiger partial charge >= 0.3 is 0 Å². The summed E-state index contributed by atoms with van der Waals surface area (Å²) in [5, 5.41) is 4.51. The van der Waals surface area contributed by atoms with Gasteiger partial charge in [-0.15, -0.1) is 0 Å². The first-order valence-corrected chi connectivity index (χ1v) is 8.99. The molecule has 0 bridgehead atoms. The highest BCUT2D eigenvalue weighted by Gasteiger charge is 2.40. The molecule has 0 spiro atoms. The Hall–Kier alpha value is -2.86. The van der Waals surface area contributed by atoms with Gasteiger partial charge in [0.05, 0.1) is 12.7 Å². The molecule has 2 heterocycles. The van der Waals surface area contributed by atoms with Crippen molar-refractivity contribution >= 4 is 17.5 Å². The number of benzene rings is 2. The number of halogens is 1. The third-order valence-corrected chi connectivity index (χ3v) is 5.17. The van der Waals surface area contributed by atoms with E-state index in [2.05, 4.69) is 22.3 Å². The molecule has 4 rings (SSSR count). The normalized spacial score (nSPS) is 19.3. The van der Waals surface area contributed by atoms with Crippen LogP contribution in [0.2, 0.25) is 5.02 Å². The summed E-state index contributed by atoms with van der Waals surface area (Å²) < 4.78 is 10.3. The van der Waals surface area contributed by atoms with Gasteiger partial charge in [-0.2, -0.15) is 4.98 Å². The smallest absolute Gasteiger partial charge is 0.257 e. The summed E-state index contributed by atoms with van der Waals surface area (Å²) in [5.41, 5.74) is 1.59. The Bertz CT molecular complexity index is 931. The van der Waals surface area contributed by atoms with Gasteiger partial charge in [0.2, 0.25) is 6.39 Å². The molecule has 0 aliphatic carbocycles. The highest BCUT2D eigenvalue weighted by atomic mass is 35.5. The van der Waals surface area contributed by atoms with Gasteiger partial charge in [-0.3, -0.25) is 4.79 Å². The molecule has 0 unspecified atom stereocenters. The van der Waals surface area contributed by atoms with E-state index in [9.17, 15) is 4.79 Å². The quantitative estimate of drug-likeness (QED) is 0.686. The average molecular weight is 384 g/mol. The lowest BCUT2D eigenvalue weighted by atomic mass is 9.88. The van der Waals surface area contributed by atoms with E-state index in [4.69, 9.17) is 20.9 Å². The molecule has 1 aliphatic rings. The van der Waals surface area contributed by atoms with Crippen LogP contribution in [0.5, 0.6) is 5.75 Å². The van der Waals surface area contributed by atoms with Crippen LogP contribution < -0.4 is 4.74 Å². The largest absolute Gasteiger partial charge is 0.496 e. The van der Waals surface area contributed by atoms with Crippen molar-refractivity contribution in [3.05, 3.63) is 76.9 Å². The summed E-state index contributed by atoms with van der Waals surface area (Å²) in [4.78, 5) is 19.2. The lowest BCUT2D eigenvalue weighted by Gasteiger charge is -2.18. The number of methoxy groups -OCH3 is 1. The van der Waals surface area contributed by atoms with Gasteiger partial charge in [0.25, 0.3) is 5.91 Å². The molecule has 138 valence electrons. The summed E-state index contributed by atoms with van der Waals surface area (Å²) in [5.74, 6) is 1.03. The lowest BCUT2D eigenvalue weighted by molar-refractivity contribution is 0.0785. The van der Waals surface area contributed by atoms with Crippen molar-refractivity contribution in [2.45, 2.75) is 11.8 Å². The zero-order valence-electron chi connectivity index (χ0n) is 14.7. The van der Waals surface area contributed by atoms with Gasteiger partial charge in [0.1, 0.15) is 5.75 Å². The highest BCUT2D eigenvalue weighted by Crippen LogP contribution is 2.39. The summed E-state index contributed by atoms with van der Waals surface area (Å²) in [7, 11) is 1.54. The maximum atomic E-state index is 13.2. The van der Waals surface area contributed by atoms with E-state index in [1.54, 1.807) is 30.2 Å². The van der Waals surface area contributed by atoms with Crippen LogP contribution in [0, 0.1) is 0 Å². The van der Waals surface area contributed by atoms with Gasteiger partial charge in [0.15, 0.2) is 5.82 Å². The number of carbonyl (C=O) groups is 1.